The van der Waals surface area contributed by atoms with Crippen LogP contribution >= 0.6 is 11.3 Å². The minimum absolute atomic E-state index is 0.336. The van der Waals surface area contributed by atoms with E-state index >= 15 is 0 Å². The minimum atomic E-state index is -0.467. The predicted molar refractivity (Wildman–Crippen MR) is 69.9 cm³/mol. The Morgan fingerprint density at radius 2 is 1.89 bits per heavy atom. The van der Waals surface area contributed by atoms with Crippen LogP contribution < -0.4 is 15.2 Å². The highest BCUT2D eigenvalue weighted by molar-refractivity contribution is 7.10. The van der Waals surface area contributed by atoms with Crippen molar-refractivity contribution in [1.82, 2.24) is 0 Å². The van der Waals surface area contributed by atoms with Gasteiger partial charge in [-0.3, -0.25) is 0 Å². The molecule has 96 valence electrons. The number of hydrogen-bond donors (Lipinski definition) is 1. The number of thiophene rings is 1. The first-order valence-electron chi connectivity index (χ1n) is 5.37. The van der Waals surface area contributed by atoms with Gasteiger partial charge < -0.3 is 15.2 Å². The monoisotopic (exact) mass is 267 g/mol. The zero-order valence-electron chi connectivity index (χ0n) is 10.1. The summed E-state index contributed by atoms with van der Waals surface area (Å²) in [6.45, 7) is 0. The largest absolute Gasteiger partial charge is 0.496 e. The summed E-state index contributed by atoms with van der Waals surface area (Å²) in [4.78, 5) is 0.849. The van der Waals surface area contributed by atoms with E-state index in [1.165, 1.54) is 30.6 Å². The third kappa shape index (κ3) is 2.32. The summed E-state index contributed by atoms with van der Waals surface area (Å²) < 4.78 is 23.8. The molecular formula is C13H14FNO2S. The second-order valence-corrected chi connectivity index (χ2v) is 4.66. The first-order valence-corrected chi connectivity index (χ1v) is 6.25. The number of ether oxygens (including phenoxy) is 2. The van der Waals surface area contributed by atoms with Gasteiger partial charge in [-0.1, -0.05) is 0 Å². The fourth-order valence-corrected chi connectivity index (χ4v) is 2.67. The van der Waals surface area contributed by atoms with Gasteiger partial charge in [0.1, 0.15) is 17.3 Å². The lowest BCUT2D eigenvalue weighted by Crippen LogP contribution is -2.13. The van der Waals surface area contributed by atoms with E-state index in [4.69, 9.17) is 15.2 Å². The van der Waals surface area contributed by atoms with E-state index in [2.05, 4.69) is 0 Å². The van der Waals surface area contributed by atoms with Gasteiger partial charge in [0.2, 0.25) is 0 Å². The molecule has 18 heavy (non-hydrogen) atoms. The van der Waals surface area contributed by atoms with E-state index in [1.807, 2.05) is 11.4 Å². The molecule has 1 aromatic carbocycles. The van der Waals surface area contributed by atoms with Crippen LogP contribution in [0.5, 0.6) is 11.5 Å². The van der Waals surface area contributed by atoms with Gasteiger partial charge in [-0.25, -0.2) is 4.39 Å². The van der Waals surface area contributed by atoms with Crippen LogP contribution in [0.2, 0.25) is 0 Å². The highest BCUT2D eigenvalue weighted by Gasteiger charge is 2.19. The first kappa shape index (κ1) is 12.9. The average Bonchev–Trinajstić information content (AvgIpc) is 2.86. The zero-order chi connectivity index (χ0) is 13.1. The number of rotatable bonds is 4. The molecule has 0 spiro atoms. The van der Waals surface area contributed by atoms with Gasteiger partial charge in [-0.05, 0) is 29.6 Å². The third-order valence-electron chi connectivity index (χ3n) is 2.69. The molecule has 0 aliphatic carbocycles. The Bertz CT molecular complexity index is 542. The van der Waals surface area contributed by atoms with E-state index < -0.39 is 6.04 Å². The lowest BCUT2D eigenvalue weighted by Gasteiger charge is -2.15. The first-order chi connectivity index (χ1) is 8.67. The number of halogens is 1. The Kier molecular flexibility index (Phi) is 3.84. The fraction of sp³-hybridized carbons (Fsp3) is 0.231. The molecule has 0 aliphatic heterocycles. The van der Waals surface area contributed by atoms with Crippen LogP contribution in [-0.4, -0.2) is 14.2 Å². The molecule has 2 rings (SSSR count). The third-order valence-corrected chi connectivity index (χ3v) is 3.67. The molecule has 1 atom stereocenters. The molecule has 0 aliphatic rings. The smallest absolute Gasteiger partial charge is 0.134 e. The second kappa shape index (κ2) is 5.37. The van der Waals surface area contributed by atoms with Gasteiger partial charge in [0.15, 0.2) is 0 Å². The maximum Gasteiger partial charge on any atom is 0.134 e. The standard InChI is InChI=1S/C13H14FNO2S/c1-16-10-4-3-8(14)7-9(10)12(15)13-11(17-2)5-6-18-13/h3-7,12H,15H2,1-2H3. The van der Waals surface area contributed by atoms with Crippen LogP contribution in [0.25, 0.3) is 0 Å². The molecule has 1 aromatic heterocycles. The van der Waals surface area contributed by atoms with Crippen molar-refractivity contribution in [3.63, 3.8) is 0 Å². The number of nitrogens with two attached hydrogens (primary N) is 1. The Morgan fingerprint density at radius 3 is 2.56 bits per heavy atom. The fourth-order valence-electron chi connectivity index (χ4n) is 1.79. The van der Waals surface area contributed by atoms with E-state index in [9.17, 15) is 4.39 Å². The van der Waals surface area contributed by atoms with Crippen molar-refractivity contribution in [2.45, 2.75) is 6.04 Å². The quantitative estimate of drug-likeness (QED) is 0.926. The van der Waals surface area contributed by atoms with Gasteiger partial charge in [0.25, 0.3) is 0 Å². The van der Waals surface area contributed by atoms with Crippen LogP contribution in [0, 0.1) is 5.82 Å². The highest BCUT2D eigenvalue weighted by atomic mass is 32.1. The summed E-state index contributed by atoms with van der Waals surface area (Å²) in [5.41, 5.74) is 6.78. The maximum atomic E-state index is 13.3. The normalized spacial score (nSPS) is 12.2. The van der Waals surface area contributed by atoms with Crippen molar-refractivity contribution < 1.29 is 13.9 Å². The molecule has 2 N–H and O–H groups in total. The molecule has 1 heterocycles. The van der Waals surface area contributed by atoms with Gasteiger partial charge in [0.05, 0.1) is 25.1 Å². The number of hydrogen-bond acceptors (Lipinski definition) is 4. The predicted octanol–water partition coefficient (Wildman–Crippen LogP) is 2.95. The average molecular weight is 267 g/mol. The van der Waals surface area contributed by atoms with Crippen LogP contribution in [0.15, 0.2) is 29.6 Å². The second-order valence-electron chi connectivity index (χ2n) is 3.72. The molecule has 1 unspecified atom stereocenters. The minimum Gasteiger partial charge on any atom is -0.496 e. The van der Waals surface area contributed by atoms with Crippen LogP contribution in [0.3, 0.4) is 0 Å². The lowest BCUT2D eigenvalue weighted by atomic mass is 10.0. The van der Waals surface area contributed by atoms with E-state index in [1.54, 1.807) is 13.2 Å². The Morgan fingerprint density at radius 1 is 1.17 bits per heavy atom. The van der Waals surface area contributed by atoms with Gasteiger partial charge in [0, 0.05) is 5.56 Å². The summed E-state index contributed by atoms with van der Waals surface area (Å²) >= 11 is 1.47. The summed E-state index contributed by atoms with van der Waals surface area (Å²) in [5.74, 6) is 0.940. The van der Waals surface area contributed by atoms with Crippen LogP contribution in [0.1, 0.15) is 16.5 Å². The van der Waals surface area contributed by atoms with Crippen molar-refractivity contribution in [2.24, 2.45) is 5.73 Å². The summed E-state index contributed by atoms with van der Waals surface area (Å²) in [7, 11) is 3.12. The molecule has 2 aromatic rings. The molecule has 5 heteroatoms. The summed E-state index contributed by atoms with van der Waals surface area (Å²) in [6.07, 6.45) is 0. The van der Waals surface area contributed by atoms with E-state index in [0.717, 1.165) is 4.88 Å². The van der Waals surface area contributed by atoms with Crippen molar-refractivity contribution in [1.29, 1.82) is 0 Å². The van der Waals surface area contributed by atoms with E-state index in [0.29, 0.717) is 17.1 Å². The van der Waals surface area contributed by atoms with Crippen LogP contribution in [-0.2, 0) is 0 Å². The lowest BCUT2D eigenvalue weighted by molar-refractivity contribution is 0.401. The molecule has 0 saturated heterocycles. The van der Waals surface area contributed by atoms with E-state index in [-0.39, 0.29) is 5.82 Å². The SMILES string of the molecule is COc1ccc(F)cc1C(N)c1sccc1OC. The number of methoxy groups -OCH3 is 2. The van der Waals surface area contributed by atoms with Gasteiger partial charge in [-0.15, -0.1) is 11.3 Å². The highest BCUT2D eigenvalue weighted by Crippen LogP contribution is 2.36. The maximum absolute atomic E-state index is 13.3. The van der Waals surface area contributed by atoms with Gasteiger partial charge in [-0.2, -0.15) is 0 Å². The molecule has 0 amide bonds. The van der Waals surface area contributed by atoms with Gasteiger partial charge >= 0.3 is 0 Å². The molecule has 0 radical (unpaired) electrons. The molecular weight excluding hydrogens is 253 g/mol. The Hall–Kier alpha value is -1.59. The summed E-state index contributed by atoms with van der Waals surface area (Å²) in [5, 5.41) is 1.89. The van der Waals surface area contributed by atoms with Crippen LogP contribution in [0.4, 0.5) is 4.39 Å². The number of benzene rings is 1. The Balaban J connectivity index is 2.45. The van der Waals surface area contributed by atoms with Crippen molar-refractivity contribution in [3.05, 3.63) is 45.9 Å². The zero-order valence-corrected chi connectivity index (χ0v) is 11.0. The van der Waals surface area contributed by atoms with Crippen molar-refractivity contribution in [3.8, 4) is 11.5 Å². The molecule has 3 nitrogen and oxygen atoms in total. The van der Waals surface area contributed by atoms with Crippen molar-refractivity contribution in [2.75, 3.05) is 14.2 Å². The molecule has 0 bridgehead atoms. The summed E-state index contributed by atoms with van der Waals surface area (Å²) in [6, 6.07) is 5.69. The molecule has 0 fully saturated rings. The Labute approximate surface area is 109 Å². The van der Waals surface area contributed by atoms with Crippen molar-refractivity contribution >= 4 is 11.3 Å². The topological polar surface area (TPSA) is 44.5 Å². The molecule has 0 saturated carbocycles.